The number of nitrogens with zero attached hydrogens (tertiary/aromatic N) is 1. The highest BCUT2D eigenvalue weighted by atomic mass is 79.9. The third kappa shape index (κ3) is 7.39. The fraction of sp³-hybridized carbons (Fsp3) is 0.417. The molecule has 0 radical (unpaired) electrons. The van der Waals surface area contributed by atoms with Gasteiger partial charge in [0, 0.05) is 22.6 Å². The Hall–Kier alpha value is -1.76. The summed E-state index contributed by atoms with van der Waals surface area (Å²) in [5.41, 5.74) is 1.86. The van der Waals surface area contributed by atoms with Gasteiger partial charge >= 0.3 is 0 Å². The Bertz CT molecular complexity index is 953. The van der Waals surface area contributed by atoms with Crippen LogP contribution in [0.25, 0.3) is 0 Å². The molecule has 0 bridgehead atoms. The summed E-state index contributed by atoms with van der Waals surface area (Å²) < 4.78 is 6.58. The molecule has 1 atom stereocenters. The minimum absolute atomic E-state index is 0.0445. The predicted molar refractivity (Wildman–Crippen MR) is 133 cm³/mol. The number of carbonyl (C=O) groups is 2. The van der Waals surface area contributed by atoms with E-state index in [0.717, 1.165) is 16.5 Å². The van der Waals surface area contributed by atoms with Gasteiger partial charge in [-0.1, -0.05) is 49.2 Å². The lowest BCUT2D eigenvalue weighted by molar-refractivity contribution is -0.143. The molecule has 0 aliphatic rings. The first-order chi connectivity index (χ1) is 15.2. The smallest absolute Gasteiger partial charge is 0.261 e. The Morgan fingerprint density at radius 3 is 2.41 bits per heavy atom. The number of benzene rings is 2. The van der Waals surface area contributed by atoms with E-state index in [9.17, 15) is 9.59 Å². The molecule has 0 aromatic heterocycles. The standard InChI is InChI=1S/C24H29BrCl2N2O3/c1-5-16-7-10-22(19(25)11-16)32-14-23(30)29(21(6-2)24(31)28-15(3)4)13-17-8-9-18(26)12-20(17)27/h7-12,15,21H,5-6,13-14H2,1-4H3,(H,28,31)/t21-/m0/s1. The van der Waals surface area contributed by atoms with Gasteiger partial charge < -0.3 is 15.0 Å². The predicted octanol–water partition coefficient (Wildman–Crippen LogP) is 6.03. The molecule has 2 rings (SSSR count). The summed E-state index contributed by atoms with van der Waals surface area (Å²) in [7, 11) is 0. The van der Waals surface area contributed by atoms with E-state index >= 15 is 0 Å². The van der Waals surface area contributed by atoms with E-state index in [-0.39, 0.29) is 31.0 Å². The van der Waals surface area contributed by atoms with Gasteiger partial charge in [-0.05, 0) is 78.0 Å². The van der Waals surface area contributed by atoms with Crippen molar-refractivity contribution in [1.29, 1.82) is 0 Å². The van der Waals surface area contributed by atoms with Crippen LogP contribution in [0.2, 0.25) is 10.0 Å². The van der Waals surface area contributed by atoms with E-state index in [1.165, 1.54) is 4.90 Å². The highest BCUT2D eigenvalue weighted by Gasteiger charge is 2.30. The normalized spacial score (nSPS) is 11.9. The molecule has 5 nitrogen and oxygen atoms in total. The third-order valence-corrected chi connectivity index (χ3v) is 6.13. The highest BCUT2D eigenvalue weighted by Crippen LogP contribution is 2.27. The topological polar surface area (TPSA) is 58.6 Å². The molecule has 0 spiro atoms. The summed E-state index contributed by atoms with van der Waals surface area (Å²) >= 11 is 15.9. The Morgan fingerprint density at radius 2 is 1.84 bits per heavy atom. The van der Waals surface area contributed by atoms with E-state index in [1.54, 1.807) is 18.2 Å². The Morgan fingerprint density at radius 1 is 1.12 bits per heavy atom. The SMILES string of the molecule is CCc1ccc(OCC(=O)N(Cc2ccc(Cl)cc2Cl)[C@@H](CC)C(=O)NC(C)C)c(Br)c1. The molecule has 0 aliphatic carbocycles. The number of carbonyl (C=O) groups excluding carboxylic acids is 2. The molecule has 8 heteroatoms. The average molecular weight is 544 g/mol. The molecule has 174 valence electrons. The van der Waals surface area contributed by atoms with Crippen molar-refractivity contribution in [2.24, 2.45) is 0 Å². The maximum absolute atomic E-state index is 13.3. The van der Waals surface area contributed by atoms with Crippen LogP contribution in [-0.4, -0.2) is 35.4 Å². The van der Waals surface area contributed by atoms with E-state index < -0.39 is 6.04 Å². The van der Waals surface area contributed by atoms with Crippen molar-refractivity contribution in [1.82, 2.24) is 10.2 Å². The van der Waals surface area contributed by atoms with E-state index in [0.29, 0.717) is 27.8 Å². The number of rotatable bonds is 10. The lowest BCUT2D eigenvalue weighted by atomic mass is 10.1. The van der Waals surface area contributed by atoms with Crippen LogP contribution in [-0.2, 0) is 22.6 Å². The largest absolute Gasteiger partial charge is 0.483 e. The Kier molecular flexibility index (Phi) is 10.3. The maximum Gasteiger partial charge on any atom is 0.261 e. The van der Waals surface area contributed by atoms with Gasteiger partial charge in [-0.2, -0.15) is 0 Å². The minimum Gasteiger partial charge on any atom is -0.483 e. The molecule has 0 unspecified atom stereocenters. The second-order valence-corrected chi connectivity index (χ2v) is 9.45. The van der Waals surface area contributed by atoms with Gasteiger partial charge in [-0.3, -0.25) is 9.59 Å². The quantitative estimate of drug-likeness (QED) is 0.398. The van der Waals surface area contributed by atoms with Crippen LogP contribution in [0.3, 0.4) is 0 Å². The highest BCUT2D eigenvalue weighted by molar-refractivity contribution is 9.10. The summed E-state index contributed by atoms with van der Waals surface area (Å²) in [6.07, 6.45) is 1.35. The number of halogens is 3. The summed E-state index contributed by atoms with van der Waals surface area (Å²) in [4.78, 5) is 27.6. The number of nitrogens with one attached hydrogen (secondary N) is 1. The summed E-state index contributed by atoms with van der Waals surface area (Å²) in [6, 6.07) is 10.2. The van der Waals surface area contributed by atoms with E-state index in [1.807, 2.05) is 39.0 Å². The zero-order valence-electron chi connectivity index (χ0n) is 18.8. The van der Waals surface area contributed by atoms with Crippen LogP contribution >= 0.6 is 39.1 Å². The summed E-state index contributed by atoms with van der Waals surface area (Å²) in [5.74, 6) is 0.0439. The molecule has 0 saturated heterocycles. The van der Waals surface area contributed by atoms with Crippen molar-refractivity contribution < 1.29 is 14.3 Å². The van der Waals surface area contributed by atoms with Gasteiger partial charge in [0.2, 0.25) is 5.91 Å². The lowest BCUT2D eigenvalue weighted by Crippen LogP contribution is -2.51. The van der Waals surface area contributed by atoms with Gasteiger partial charge in [0.1, 0.15) is 11.8 Å². The Balaban J connectivity index is 2.27. The van der Waals surface area contributed by atoms with Crippen molar-refractivity contribution in [2.75, 3.05) is 6.61 Å². The first kappa shape index (κ1) is 26.5. The molecule has 2 aromatic carbocycles. The van der Waals surface area contributed by atoms with Gasteiger partial charge in [0.15, 0.2) is 6.61 Å². The van der Waals surface area contributed by atoms with Crippen molar-refractivity contribution in [3.63, 3.8) is 0 Å². The van der Waals surface area contributed by atoms with Crippen molar-refractivity contribution in [3.8, 4) is 5.75 Å². The van der Waals surface area contributed by atoms with E-state index in [4.69, 9.17) is 27.9 Å². The first-order valence-corrected chi connectivity index (χ1v) is 12.2. The monoisotopic (exact) mass is 542 g/mol. The fourth-order valence-electron chi connectivity index (χ4n) is 3.24. The lowest BCUT2D eigenvalue weighted by Gasteiger charge is -2.31. The molecule has 0 heterocycles. The minimum atomic E-state index is -0.661. The van der Waals surface area contributed by atoms with Gasteiger partial charge in [0.25, 0.3) is 5.91 Å². The third-order valence-electron chi connectivity index (χ3n) is 4.93. The average Bonchev–Trinajstić information content (AvgIpc) is 2.73. The van der Waals surface area contributed by atoms with Crippen molar-refractivity contribution in [2.45, 2.75) is 59.2 Å². The fourth-order valence-corrected chi connectivity index (χ4v) is 4.25. The second-order valence-electron chi connectivity index (χ2n) is 7.75. The molecule has 2 aromatic rings. The van der Waals surface area contributed by atoms with Crippen LogP contribution in [0.5, 0.6) is 5.75 Å². The van der Waals surface area contributed by atoms with Crippen LogP contribution in [0.15, 0.2) is 40.9 Å². The van der Waals surface area contributed by atoms with Crippen LogP contribution < -0.4 is 10.1 Å². The van der Waals surface area contributed by atoms with Gasteiger partial charge in [-0.25, -0.2) is 0 Å². The molecule has 2 amide bonds. The van der Waals surface area contributed by atoms with Gasteiger partial charge in [0.05, 0.1) is 4.47 Å². The van der Waals surface area contributed by atoms with E-state index in [2.05, 4.69) is 28.2 Å². The molecule has 0 aliphatic heterocycles. The number of aryl methyl sites for hydroxylation is 1. The number of ether oxygens (including phenoxy) is 1. The maximum atomic E-state index is 13.3. The second kappa shape index (κ2) is 12.5. The molecule has 0 fully saturated rings. The molecular weight excluding hydrogens is 515 g/mol. The van der Waals surface area contributed by atoms with Gasteiger partial charge in [-0.15, -0.1) is 0 Å². The molecular formula is C24H29BrCl2N2O3. The van der Waals surface area contributed by atoms with Crippen molar-refractivity contribution >= 4 is 50.9 Å². The number of amides is 2. The Labute approximate surface area is 208 Å². The summed E-state index contributed by atoms with van der Waals surface area (Å²) in [6.45, 7) is 7.66. The number of hydrogen-bond acceptors (Lipinski definition) is 3. The van der Waals surface area contributed by atoms with Crippen LogP contribution in [0, 0.1) is 0 Å². The van der Waals surface area contributed by atoms with Crippen LogP contribution in [0.4, 0.5) is 0 Å². The summed E-state index contributed by atoms with van der Waals surface area (Å²) in [5, 5.41) is 3.84. The zero-order chi connectivity index (χ0) is 23.8. The molecule has 0 saturated carbocycles. The molecule has 32 heavy (non-hydrogen) atoms. The van der Waals surface area contributed by atoms with Crippen LogP contribution in [0.1, 0.15) is 45.2 Å². The molecule has 1 N–H and O–H groups in total. The number of hydrogen-bond donors (Lipinski definition) is 1. The van der Waals surface area contributed by atoms with Crippen molar-refractivity contribution in [3.05, 3.63) is 62.0 Å². The first-order valence-electron chi connectivity index (χ1n) is 10.6. The zero-order valence-corrected chi connectivity index (χ0v) is 21.9.